The Hall–Kier alpha value is -1.67. The van der Waals surface area contributed by atoms with Crippen LogP contribution in [0.15, 0.2) is 48.8 Å². The number of hydrogen-bond acceptors (Lipinski definition) is 2. The summed E-state index contributed by atoms with van der Waals surface area (Å²) in [6.07, 6.45) is 3.69. The molecule has 0 atom stereocenters. The van der Waals surface area contributed by atoms with Crippen molar-refractivity contribution in [3.8, 4) is 11.1 Å². The first-order valence-corrected chi connectivity index (χ1v) is 5.56. The Kier molecular flexibility index (Phi) is 2.00. The smallest absolute Gasteiger partial charge is 0.0455 e. The summed E-state index contributed by atoms with van der Waals surface area (Å²) in [4.78, 5) is 4.15. The zero-order valence-corrected chi connectivity index (χ0v) is 8.79. The van der Waals surface area contributed by atoms with Gasteiger partial charge in [-0.2, -0.15) is 0 Å². The van der Waals surface area contributed by atoms with Crippen LogP contribution in [-0.2, 0) is 0 Å². The van der Waals surface area contributed by atoms with Crippen LogP contribution in [0.2, 0.25) is 0 Å². The van der Waals surface area contributed by atoms with Crippen molar-refractivity contribution in [1.29, 1.82) is 0 Å². The maximum Gasteiger partial charge on any atom is 0.0455 e. The molecule has 15 heavy (non-hydrogen) atoms. The van der Waals surface area contributed by atoms with E-state index < -0.39 is 0 Å². The molecule has 0 aliphatic rings. The largest absolute Gasteiger partial charge is 0.264 e. The summed E-state index contributed by atoms with van der Waals surface area (Å²) in [5.74, 6) is 0. The molecule has 2 heteroatoms. The number of pyridine rings is 1. The van der Waals surface area contributed by atoms with Crippen molar-refractivity contribution in [1.82, 2.24) is 4.98 Å². The lowest BCUT2D eigenvalue weighted by molar-refractivity contribution is 1.33. The van der Waals surface area contributed by atoms with Crippen molar-refractivity contribution in [2.75, 3.05) is 0 Å². The van der Waals surface area contributed by atoms with Gasteiger partial charge in [0.25, 0.3) is 0 Å². The molecule has 0 N–H and O–H groups in total. The third-order valence-electron chi connectivity index (χ3n) is 2.41. The first-order valence-electron chi connectivity index (χ1n) is 4.74. The first kappa shape index (κ1) is 8.62. The van der Waals surface area contributed by atoms with Crippen molar-refractivity contribution in [2.45, 2.75) is 0 Å². The first-order chi connectivity index (χ1) is 7.45. The number of thiophene rings is 1. The Morgan fingerprint density at radius 2 is 2.13 bits per heavy atom. The van der Waals surface area contributed by atoms with Gasteiger partial charge in [-0.25, -0.2) is 0 Å². The van der Waals surface area contributed by atoms with Gasteiger partial charge < -0.3 is 0 Å². The lowest BCUT2D eigenvalue weighted by Crippen LogP contribution is -1.79. The quantitative estimate of drug-likeness (QED) is 0.596. The molecule has 0 spiro atoms. The molecular formula is C13H8NS. The summed E-state index contributed by atoms with van der Waals surface area (Å²) in [6.45, 7) is 0. The number of aromatic nitrogens is 1. The van der Waals surface area contributed by atoms with Crippen LogP contribution in [0.1, 0.15) is 0 Å². The molecule has 0 saturated heterocycles. The molecular weight excluding hydrogens is 202 g/mol. The Labute approximate surface area is 92.0 Å². The maximum atomic E-state index is 4.15. The van der Waals surface area contributed by atoms with Gasteiger partial charge in [0.05, 0.1) is 0 Å². The third kappa shape index (κ3) is 1.43. The van der Waals surface area contributed by atoms with Gasteiger partial charge in [0.1, 0.15) is 0 Å². The van der Waals surface area contributed by atoms with Crippen molar-refractivity contribution < 1.29 is 0 Å². The molecule has 0 saturated carbocycles. The van der Waals surface area contributed by atoms with Gasteiger partial charge in [-0.1, -0.05) is 18.2 Å². The fraction of sp³-hybridized carbons (Fsp3) is 0. The van der Waals surface area contributed by atoms with Crippen LogP contribution in [-0.4, -0.2) is 4.98 Å². The SMILES string of the molecule is [c]1cc2c(-c3cccnc3)cccc2s1. The van der Waals surface area contributed by atoms with E-state index in [9.17, 15) is 0 Å². The summed E-state index contributed by atoms with van der Waals surface area (Å²) < 4.78 is 1.27. The van der Waals surface area contributed by atoms with E-state index in [1.54, 1.807) is 17.5 Å². The van der Waals surface area contributed by atoms with Crippen molar-refractivity contribution in [3.05, 3.63) is 54.2 Å². The summed E-state index contributed by atoms with van der Waals surface area (Å²) in [5, 5.41) is 4.43. The Bertz CT molecular complexity index is 584. The van der Waals surface area contributed by atoms with Crippen molar-refractivity contribution >= 4 is 21.4 Å². The van der Waals surface area contributed by atoms with E-state index >= 15 is 0 Å². The average Bonchev–Trinajstić information content (AvgIpc) is 2.78. The van der Waals surface area contributed by atoms with E-state index in [0.717, 1.165) is 5.56 Å². The van der Waals surface area contributed by atoms with E-state index in [4.69, 9.17) is 0 Å². The van der Waals surface area contributed by atoms with Crippen molar-refractivity contribution in [2.24, 2.45) is 0 Å². The molecule has 1 aromatic carbocycles. The van der Waals surface area contributed by atoms with Crippen LogP contribution in [0, 0.1) is 5.38 Å². The predicted octanol–water partition coefficient (Wildman–Crippen LogP) is 3.76. The van der Waals surface area contributed by atoms with E-state index in [0.29, 0.717) is 0 Å². The fourth-order valence-electron chi connectivity index (χ4n) is 1.71. The van der Waals surface area contributed by atoms with Gasteiger partial charge in [-0.3, -0.25) is 4.98 Å². The minimum atomic E-state index is 1.16. The fourth-order valence-corrected chi connectivity index (χ4v) is 2.44. The van der Waals surface area contributed by atoms with E-state index in [1.165, 1.54) is 15.6 Å². The van der Waals surface area contributed by atoms with Gasteiger partial charge >= 0.3 is 0 Å². The highest BCUT2D eigenvalue weighted by molar-refractivity contribution is 7.16. The molecule has 3 rings (SSSR count). The van der Waals surface area contributed by atoms with Gasteiger partial charge in [0, 0.05) is 33.4 Å². The highest BCUT2D eigenvalue weighted by atomic mass is 32.1. The second-order valence-corrected chi connectivity index (χ2v) is 4.20. The molecule has 3 aromatic rings. The normalized spacial score (nSPS) is 10.7. The Morgan fingerprint density at radius 1 is 1.13 bits per heavy atom. The van der Waals surface area contributed by atoms with Crippen LogP contribution in [0.3, 0.4) is 0 Å². The van der Waals surface area contributed by atoms with E-state index in [2.05, 4.69) is 34.6 Å². The topological polar surface area (TPSA) is 12.9 Å². The summed E-state index contributed by atoms with van der Waals surface area (Å²) in [5.41, 5.74) is 2.40. The molecule has 0 bridgehead atoms. The molecule has 0 unspecified atom stereocenters. The predicted molar refractivity (Wildman–Crippen MR) is 63.9 cm³/mol. The van der Waals surface area contributed by atoms with Crippen LogP contribution < -0.4 is 0 Å². The number of benzene rings is 1. The zero-order chi connectivity index (χ0) is 10.1. The van der Waals surface area contributed by atoms with E-state index in [1.807, 2.05) is 18.3 Å². The van der Waals surface area contributed by atoms with Gasteiger partial charge in [0.15, 0.2) is 0 Å². The van der Waals surface area contributed by atoms with E-state index in [-0.39, 0.29) is 0 Å². The standard InChI is InChI=1S/C13H8NS/c1-4-11(10-3-2-7-14-9-10)12-6-8-15-13(12)5-1/h1-7,9H. The van der Waals surface area contributed by atoms with Crippen LogP contribution in [0.5, 0.6) is 0 Å². The molecule has 0 amide bonds. The molecule has 1 nitrogen and oxygen atoms in total. The molecule has 2 heterocycles. The van der Waals surface area contributed by atoms with Crippen LogP contribution in [0.25, 0.3) is 21.2 Å². The Morgan fingerprint density at radius 3 is 3.00 bits per heavy atom. The molecule has 0 aliphatic carbocycles. The average molecular weight is 210 g/mol. The van der Waals surface area contributed by atoms with Crippen LogP contribution >= 0.6 is 11.3 Å². The third-order valence-corrected chi connectivity index (χ3v) is 3.22. The van der Waals surface area contributed by atoms with Gasteiger partial charge in [-0.15, -0.1) is 11.3 Å². The second kappa shape index (κ2) is 3.48. The maximum absolute atomic E-state index is 4.15. The number of rotatable bonds is 1. The lowest BCUT2D eigenvalue weighted by Gasteiger charge is -2.02. The molecule has 71 valence electrons. The molecule has 1 radical (unpaired) electrons. The summed E-state index contributed by atoms with van der Waals surface area (Å²) >= 11 is 1.65. The van der Waals surface area contributed by atoms with Gasteiger partial charge in [-0.05, 0) is 23.8 Å². The molecule has 0 aliphatic heterocycles. The highest BCUT2D eigenvalue weighted by Gasteiger charge is 2.03. The Balaban J connectivity index is 2.31. The second-order valence-electron chi connectivity index (χ2n) is 3.32. The molecule has 0 fully saturated rings. The highest BCUT2D eigenvalue weighted by Crippen LogP contribution is 2.30. The van der Waals surface area contributed by atoms with Crippen LogP contribution in [0.4, 0.5) is 0 Å². The summed E-state index contributed by atoms with van der Waals surface area (Å²) in [6, 6.07) is 12.4. The van der Waals surface area contributed by atoms with Crippen molar-refractivity contribution in [3.63, 3.8) is 0 Å². The molecule has 2 aromatic heterocycles. The lowest BCUT2D eigenvalue weighted by atomic mass is 10.0. The summed E-state index contributed by atoms with van der Waals surface area (Å²) in [7, 11) is 0. The number of nitrogens with zero attached hydrogens (tertiary/aromatic N) is 1. The minimum Gasteiger partial charge on any atom is -0.264 e. The number of fused-ring (bicyclic) bond motifs is 1. The number of hydrogen-bond donors (Lipinski definition) is 0. The monoisotopic (exact) mass is 210 g/mol. The minimum absolute atomic E-state index is 1.16. The zero-order valence-electron chi connectivity index (χ0n) is 7.97. The van der Waals surface area contributed by atoms with Gasteiger partial charge in [0.2, 0.25) is 0 Å².